The summed E-state index contributed by atoms with van der Waals surface area (Å²) in [6.07, 6.45) is 0.112. The number of aliphatic hydroxyl groups is 4. The molecule has 6 N–H and O–H groups in total. The lowest BCUT2D eigenvalue weighted by molar-refractivity contribution is -0.251. The Morgan fingerprint density at radius 2 is 1.55 bits per heavy atom. The molecule has 9 rings (SSSR count). The highest BCUT2D eigenvalue weighted by atomic mass is 32.2. The Labute approximate surface area is 306 Å². The number of benzene rings is 3. The van der Waals surface area contributed by atoms with Gasteiger partial charge in [0.1, 0.15) is 53.8 Å². The molecule has 1 saturated heterocycles. The van der Waals surface area contributed by atoms with Crippen LogP contribution in [0.2, 0.25) is 0 Å². The quantitative estimate of drug-likeness (QED) is 0.108. The van der Waals surface area contributed by atoms with Gasteiger partial charge in [0.05, 0.1) is 17.1 Å². The second kappa shape index (κ2) is 12.8. The number of ether oxygens (including phenoxy) is 2. The number of aliphatic hydroxyl groups excluding tert-OH is 4. The van der Waals surface area contributed by atoms with Crippen LogP contribution in [-0.2, 0) is 50.6 Å². The number of aryl methyl sites for hydroxylation is 2. The van der Waals surface area contributed by atoms with Crippen molar-refractivity contribution in [1.82, 2.24) is 9.30 Å². The predicted octanol–water partition coefficient (Wildman–Crippen LogP) is -0.553. The maximum absolute atomic E-state index is 13.7. The Bertz CT molecular complexity index is 2410. The number of nitrogens with one attached hydrogen (secondary N) is 1. The number of rotatable bonds is 6. The first-order chi connectivity index (χ1) is 25.4. The molecule has 3 aromatic carbocycles. The van der Waals surface area contributed by atoms with Gasteiger partial charge in [-0.25, -0.2) is 17.7 Å². The van der Waals surface area contributed by atoms with Crippen LogP contribution in [0.5, 0.6) is 11.5 Å². The van der Waals surface area contributed by atoms with Crippen molar-refractivity contribution in [2.45, 2.75) is 91.8 Å². The van der Waals surface area contributed by atoms with Crippen LogP contribution in [0.1, 0.15) is 59.1 Å². The number of fused-ring (bicyclic) bond motifs is 4. The summed E-state index contributed by atoms with van der Waals surface area (Å²) in [5.74, 6) is 1.31. The molecule has 0 aromatic heterocycles. The zero-order valence-electron chi connectivity index (χ0n) is 28.9. The van der Waals surface area contributed by atoms with E-state index >= 15 is 0 Å². The molecule has 0 saturated carbocycles. The molecule has 3 unspecified atom stereocenters. The number of nitrogens with zero attached hydrogens (tertiary/aromatic N) is 2. The van der Waals surface area contributed by atoms with Crippen LogP contribution in [-0.4, -0.2) is 105 Å². The lowest BCUT2D eigenvalue weighted by Crippen LogP contribution is -2.64. The zero-order valence-corrected chi connectivity index (χ0v) is 30.5. The van der Waals surface area contributed by atoms with Crippen LogP contribution < -0.4 is 29.5 Å². The maximum atomic E-state index is 13.7. The van der Waals surface area contributed by atoms with Gasteiger partial charge in [-0.1, -0.05) is 6.07 Å². The first-order valence-corrected chi connectivity index (χ1v) is 21.2. The van der Waals surface area contributed by atoms with E-state index in [4.69, 9.17) is 9.47 Å². The molecule has 0 amide bonds. The van der Waals surface area contributed by atoms with Crippen LogP contribution in [0.4, 0.5) is 5.69 Å². The minimum atomic E-state index is -5.07. The van der Waals surface area contributed by atoms with Gasteiger partial charge in [-0.05, 0) is 68.4 Å². The number of sulfonamides is 1. The van der Waals surface area contributed by atoms with E-state index < -0.39 is 67.2 Å². The molecular weight excluding hydrogens is 727 g/mol. The molecule has 0 spiro atoms. The largest absolute Gasteiger partial charge is 0.455 e. The molecule has 0 radical (unpaired) electrons. The SMILES string of the molecule is O=S(=O)(O)c1cc(S(=O)(=O)N[C@H]2C(O)OC(CO)[C@H](O)C2O)ccc1C1=c2cc3c4c(c2Oc2c1cc1c5c2CCCN5CCC1)CCC[N+]=4CCC3. The van der Waals surface area contributed by atoms with Gasteiger partial charge in [-0.2, -0.15) is 8.42 Å². The van der Waals surface area contributed by atoms with Crippen molar-refractivity contribution < 1.29 is 51.3 Å². The van der Waals surface area contributed by atoms with E-state index in [1.165, 1.54) is 23.2 Å². The lowest BCUT2D eigenvalue weighted by Gasteiger charge is -2.40. The topological polar surface area (TPSA) is 206 Å². The molecule has 3 aromatic rings. The van der Waals surface area contributed by atoms with Crippen molar-refractivity contribution in [2.24, 2.45) is 0 Å². The third kappa shape index (κ3) is 5.64. The average molecular weight is 769 g/mol. The monoisotopic (exact) mass is 768 g/mol. The summed E-state index contributed by atoms with van der Waals surface area (Å²) < 4.78 is 81.6. The van der Waals surface area contributed by atoms with Gasteiger partial charge >= 0.3 is 0 Å². The van der Waals surface area contributed by atoms with Gasteiger partial charge in [-0.3, -0.25) is 4.55 Å². The standard InChI is InChI=1S/C37H41N3O11S2/c41-18-27-33(42)34(43)30(37(44)50-27)38-52(45,46)21-9-10-22(28(17-21)53(47,48)49)29-25-15-19-5-1-11-39-13-3-7-23(31(19)39)35(25)51-36-24-8-4-14-40-12-2-6-20(32(24)40)16-26(29)36/h9-10,15-17,27,30,33-34,37-38,41-44H,1-8,11-14,18H2/p+1/t27?,30-,33+,34?,37?/m1/s1. The summed E-state index contributed by atoms with van der Waals surface area (Å²) in [4.78, 5) is 1.18. The van der Waals surface area contributed by atoms with E-state index in [2.05, 4.69) is 26.3 Å². The fourth-order valence-electron chi connectivity index (χ4n) is 9.36. The summed E-state index contributed by atoms with van der Waals surface area (Å²) in [5, 5.41) is 42.7. The summed E-state index contributed by atoms with van der Waals surface area (Å²) in [7, 11) is -9.78. The van der Waals surface area contributed by atoms with Crippen molar-refractivity contribution >= 4 is 31.4 Å². The average Bonchev–Trinajstić information content (AvgIpc) is 3.14. The van der Waals surface area contributed by atoms with E-state index in [0.717, 1.165) is 106 Å². The van der Waals surface area contributed by atoms with Gasteiger partial charge in [0.15, 0.2) is 6.29 Å². The highest BCUT2D eigenvalue weighted by Gasteiger charge is 2.46. The van der Waals surface area contributed by atoms with Crippen LogP contribution in [0.25, 0.3) is 5.57 Å². The van der Waals surface area contributed by atoms with E-state index in [9.17, 15) is 41.8 Å². The molecule has 282 valence electrons. The first-order valence-electron chi connectivity index (χ1n) is 18.2. The minimum absolute atomic E-state index is 0.103. The highest BCUT2D eigenvalue weighted by molar-refractivity contribution is 7.89. The fourth-order valence-corrected chi connectivity index (χ4v) is 11.4. The van der Waals surface area contributed by atoms with Crippen molar-refractivity contribution in [3.05, 3.63) is 74.3 Å². The molecule has 14 nitrogen and oxygen atoms in total. The van der Waals surface area contributed by atoms with Gasteiger partial charge in [-0.15, -0.1) is 0 Å². The summed E-state index contributed by atoms with van der Waals surface area (Å²) in [6, 6.07) is 5.80. The lowest BCUT2D eigenvalue weighted by atomic mass is 9.82. The summed E-state index contributed by atoms with van der Waals surface area (Å²) in [6.45, 7) is 3.03. The molecule has 6 heterocycles. The molecule has 1 fully saturated rings. The number of hydrogen-bond acceptors (Lipinski definition) is 11. The third-order valence-electron chi connectivity index (χ3n) is 11.7. The molecule has 16 heteroatoms. The number of anilines is 1. The van der Waals surface area contributed by atoms with Crippen LogP contribution in [0.15, 0.2) is 40.1 Å². The second-order valence-electron chi connectivity index (χ2n) is 14.9. The van der Waals surface area contributed by atoms with E-state index in [1.807, 2.05) is 0 Å². The molecule has 53 heavy (non-hydrogen) atoms. The smallest absolute Gasteiger partial charge is 0.295 e. The van der Waals surface area contributed by atoms with Gasteiger partial charge < -0.3 is 34.8 Å². The minimum Gasteiger partial charge on any atom is -0.455 e. The molecule has 5 atom stereocenters. The van der Waals surface area contributed by atoms with Crippen molar-refractivity contribution in [2.75, 3.05) is 37.7 Å². The van der Waals surface area contributed by atoms with Gasteiger partial charge in [0.25, 0.3) is 10.1 Å². The van der Waals surface area contributed by atoms with E-state index in [-0.39, 0.29) is 5.56 Å². The maximum Gasteiger partial charge on any atom is 0.295 e. The zero-order chi connectivity index (χ0) is 37.0. The second-order valence-corrected chi connectivity index (χ2v) is 18.0. The Hall–Kier alpha value is -3.45. The fraction of sp³-hybridized carbons (Fsp3) is 0.486. The Balaban J connectivity index is 1.27. The first kappa shape index (κ1) is 35.3. The van der Waals surface area contributed by atoms with Crippen LogP contribution >= 0.6 is 0 Å². The van der Waals surface area contributed by atoms with E-state index in [1.54, 1.807) is 0 Å². The van der Waals surface area contributed by atoms with Crippen molar-refractivity contribution in [1.29, 1.82) is 0 Å². The Morgan fingerprint density at radius 1 is 0.830 bits per heavy atom. The van der Waals surface area contributed by atoms with Crippen LogP contribution in [0.3, 0.4) is 0 Å². The highest BCUT2D eigenvalue weighted by Crippen LogP contribution is 2.49. The van der Waals surface area contributed by atoms with Crippen molar-refractivity contribution in [3.8, 4) is 11.5 Å². The Morgan fingerprint density at radius 3 is 2.30 bits per heavy atom. The van der Waals surface area contributed by atoms with Crippen LogP contribution in [0, 0.1) is 0 Å². The number of hydrogen-bond donors (Lipinski definition) is 6. The molecule has 6 aliphatic heterocycles. The molecule has 0 bridgehead atoms. The van der Waals surface area contributed by atoms with Gasteiger partial charge in [0.2, 0.25) is 15.4 Å². The Kier molecular flexibility index (Phi) is 8.53. The third-order valence-corrected chi connectivity index (χ3v) is 14.0. The van der Waals surface area contributed by atoms with Gasteiger partial charge in [0, 0.05) is 64.7 Å². The summed E-state index contributed by atoms with van der Waals surface area (Å²) >= 11 is 0. The normalized spacial score (nSPS) is 26.3. The van der Waals surface area contributed by atoms with E-state index in [0.29, 0.717) is 27.9 Å². The predicted molar refractivity (Wildman–Crippen MR) is 191 cm³/mol. The molecule has 0 aliphatic carbocycles. The summed E-state index contributed by atoms with van der Waals surface area (Å²) in [5.41, 5.74) is 6.89. The van der Waals surface area contributed by atoms with Crippen molar-refractivity contribution in [3.63, 3.8) is 0 Å². The molecule has 6 aliphatic rings. The molecular formula is C37H42N3O11S2+.